The van der Waals surface area contributed by atoms with Crippen molar-refractivity contribution in [3.63, 3.8) is 0 Å². The maximum atomic E-state index is 12.4. The molecule has 2 aromatic rings. The standard InChI is InChI=1S/C19H25ClN2O2/c1-13(2)19(15-8-5-6-9-16(15)20)22(4)12-18(23)21-14(3)17-10-7-11-24-17/h5-11,13-14,19H,12H2,1-4H3,(H,21,23). The second kappa shape index (κ2) is 8.36. The van der Waals surface area contributed by atoms with Crippen molar-refractivity contribution in [2.24, 2.45) is 5.92 Å². The molecule has 1 amide bonds. The zero-order valence-electron chi connectivity index (χ0n) is 14.6. The van der Waals surface area contributed by atoms with E-state index in [0.717, 1.165) is 16.3 Å². The first-order valence-corrected chi connectivity index (χ1v) is 8.55. The summed E-state index contributed by atoms with van der Waals surface area (Å²) in [4.78, 5) is 14.4. The number of rotatable bonds is 7. The van der Waals surface area contributed by atoms with Crippen molar-refractivity contribution in [3.8, 4) is 0 Å². The summed E-state index contributed by atoms with van der Waals surface area (Å²) in [5.74, 6) is 1.03. The summed E-state index contributed by atoms with van der Waals surface area (Å²) in [5, 5.41) is 3.69. The van der Waals surface area contributed by atoms with E-state index in [-0.39, 0.29) is 18.0 Å². The highest BCUT2D eigenvalue weighted by Gasteiger charge is 2.25. The Morgan fingerprint density at radius 2 is 1.92 bits per heavy atom. The number of carbonyl (C=O) groups excluding carboxylic acids is 1. The molecule has 2 rings (SSSR count). The molecule has 0 radical (unpaired) electrons. The zero-order chi connectivity index (χ0) is 17.7. The molecule has 0 bridgehead atoms. The van der Waals surface area contributed by atoms with Crippen molar-refractivity contribution in [2.45, 2.75) is 32.9 Å². The van der Waals surface area contributed by atoms with Gasteiger partial charge < -0.3 is 9.73 Å². The van der Waals surface area contributed by atoms with Gasteiger partial charge >= 0.3 is 0 Å². The molecule has 0 saturated carbocycles. The van der Waals surface area contributed by atoms with Crippen molar-refractivity contribution in [3.05, 3.63) is 59.0 Å². The van der Waals surface area contributed by atoms with Gasteiger partial charge in [-0.15, -0.1) is 0 Å². The lowest BCUT2D eigenvalue weighted by atomic mass is 9.94. The number of benzene rings is 1. The summed E-state index contributed by atoms with van der Waals surface area (Å²) in [6.45, 7) is 6.46. The Morgan fingerprint density at radius 1 is 1.21 bits per heavy atom. The van der Waals surface area contributed by atoms with Crippen LogP contribution in [-0.4, -0.2) is 24.4 Å². The lowest BCUT2D eigenvalue weighted by Crippen LogP contribution is -2.39. The molecule has 24 heavy (non-hydrogen) atoms. The number of amides is 1. The quantitative estimate of drug-likeness (QED) is 0.804. The van der Waals surface area contributed by atoms with Gasteiger partial charge in [0, 0.05) is 11.1 Å². The van der Waals surface area contributed by atoms with Crippen LogP contribution in [0.2, 0.25) is 5.02 Å². The maximum Gasteiger partial charge on any atom is 0.234 e. The van der Waals surface area contributed by atoms with Crippen LogP contribution >= 0.6 is 11.6 Å². The fourth-order valence-corrected chi connectivity index (χ4v) is 3.29. The summed E-state index contributed by atoms with van der Waals surface area (Å²) in [6.07, 6.45) is 1.61. The molecule has 1 aromatic heterocycles. The first-order valence-electron chi connectivity index (χ1n) is 8.17. The maximum absolute atomic E-state index is 12.4. The molecule has 0 spiro atoms. The summed E-state index contributed by atoms with van der Waals surface area (Å²) >= 11 is 6.36. The molecule has 0 aliphatic heterocycles. The Morgan fingerprint density at radius 3 is 2.50 bits per heavy atom. The highest BCUT2D eigenvalue weighted by atomic mass is 35.5. The van der Waals surface area contributed by atoms with Crippen LogP contribution in [0.15, 0.2) is 47.1 Å². The fourth-order valence-electron chi connectivity index (χ4n) is 3.04. The minimum absolute atomic E-state index is 0.0425. The average molecular weight is 349 g/mol. The van der Waals surface area contributed by atoms with E-state index in [4.69, 9.17) is 16.0 Å². The van der Waals surface area contributed by atoms with E-state index in [1.165, 1.54) is 0 Å². The molecule has 1 aromatic carbocycles. The summed E-state index contributed by atoms with van der Waals surface area (Å²) < 4.78 is 5.33. The minimum Gasteiger partial charge on any atom is -0.467 e. The predicted octanol–water partition coefficient (Wildman–Crippen LogP) is 4.44. The molecule has 0 aliphatic rings. The van der Waals surface area contributed by atoms with Gasteiger partial charge in [-0.3, -0.25) is 9.69 Å². The van der Waals surface area contributed by atoms with Gasteiger partial charge in [-0.1, -0.05) is 43.6 Å². The Balaban J connectivity index is 2.04. The van der Waals surface area contributed by atoms with E-state index in [2.05, 4.69) is 19.2 Å². The van der Waals surface area contributed by atoms with E-state index in [0.29, 0.717) is 12.5 Å². The highest BCUT2D eigenvalue weighted by molar-refractivity contribution is 6.31. The first-order chi connectivity index (χ1) is 11.4. The number of halogens is 1. The largest absolute Gasteiger partial charge is 0.467 e. The van der Waals surface area contributed by atoms with Gasteiger partial charge in [0.05, 0.1) is 18.8 Å². The van der Waals surface area contributed by atoms with Crippen molar-refractivity contribution in [2.75, 3.05) is 13.6 Å². The molecule has 0 aliphatic carbocycles. The number of furan rings is 1. The van der Waals surface area contributed by atoms with E-state index >= 15 is 0 Å². The van der Waals surface area contributed by atoms with Crippen LogP contribution in [0.5, 0.6) is 0 Å². The van der Waals surface area contributed by atoms with Crippen LogP contribution in [-0.2, 0) is 4.79 Å². The van der Waals surface area contributed by atoms with E-state index in [9.17, 15) is 4.79 Å². The molecule has 4 nitrogen and oxygen atoms in total. The molecule has 2 unspecified atom stereocenters. The van der Waals surface area contributed by atoms with Crippen LogP contribution < -0.4 is 5.32 Å². The van der Waals surface area contributed by atoms with Crippen molar-refractivity contribution in [1.29, 1.82) is 0 Å². The van der Waals surface area contributed by atoms with Crippen LogP contribution in [0.1, 0.15) is 44.2 Å². The topological polar surface area (TPSA) is 45.5 Å². The van der Waals surface area contributed by atoms with Gasteiger partial charge in [0.1, 0.15) is 5.76 Å². The minimum atomic E-state index is -0.154. The number of carbonyl (C=O) groups is 1. The Bertz CT molecular complexity index is 655. The monoisotopic (exact) mass is 348 g/mol. The summed E-state index contributed by atoms with van der Waals surface area (Å²) in [6, 6.07) is 11.4. The number of nitrogens with one attached hydrogen (secondary N) is 1. The lowest BCUT2D eigenvalue weighted by molar-refractivity contribution is -0.123. The second-order valence-electron chi connectivity index (χ2n) is 6.43. The third-order valence-corrected chi connectivity index (χ3v) is 4.41. The number of nitrogens with zero attached hydrogens (tertiary/aromatic N) is 1. The molecule has 1 heterocycles. The SMILES string of the molecule is CC(NC(=O)CN(C)C(c1ccccc1Cl)C(C)C)c1ccco1. The summed E-state index contributed by atoms with van der Waals surface area (Å²) in [7, 11) is 1.95. The molecule has 0 fully saturated rings. The zero-order valence-corrected chi connectivity index (χ0v) is 15.4. The first kappa shape index (κ1) is 18.6. The predicted molar refractivity (Wildman–Crippen MR) is 96.9 cm³/mol. The van der Waals surface area contributed by atoms with E-state index in [1.54, 1.807) is 6.26 Å². The Kier molecular flexibility index (Phi) is 6.46. The van der Waals surface area contributed by atoms with Crippen LogP contribution in [0.25, 0.3) is 0 Å². The van der Waals surface area contributed by atoms with Crippen LogP contribution in [0, 0.1) is 5.92 Å². The van der Waals surface area contributed by atoms with Crippen molar-refractivity contribution >= 4 is 17.5 Å². The fraction of sp³-hybridized carbons (Fsp3) is 0.421. The van der Waals surface area contributed by atoms with Gasteiger partial charge in [0.15, 0.2) is 0 Å². The molecule has 1 N–H and O–H groups in total. The Labute approximate surface area is 148 Å². The van der Waals surface area contributed by atoms with E-state index in [1.807, 2.05) is 55.3 Å². The average Bonchev–Trinajstić information content (AvgIpc) is 3.03. The molecule has 0 saturated heterocycles. The van der Waals surface area contributed by atoms with E-state index < -0.39 is 0 Å². The van der Waals surface area contributed by atoms with Crippen molar-refractivity contribution in [1.82, 2.24) is 10.2 Å². The van der Waals surface area contributed by atoms with Crippen LogP contribution in [0.4, 0.5) is 0 Å². The van der Waals surface area contributed by atoms with Gasteiger partial charge in [-0.2, -0.15) is 0 Å². The van der Waals surface area contributed by atoms with Gasteiger partial charge in [0.25, 0.3) is 0 Å². The summed E-state index contributed by atoms with van der Waals surface area (Å²) in [5.41, 5.74) is 1.04. The molecule has 130 valence electrons. The van der Waals surface area contributed by atoms with Gasteiger partial charge in [-0.05, 0) is 43.7 Å². The second-order valence-corrected chi connectivity index (χ2v) is 6.84. The third kappa shape index (κ3) is 4.62. The van der Waals surface area contributed by atoms with Crippen molar-refractivity contribution < 1.29 is 9.21 Å². The third-order valence-electron chi connectivity index (χ3n) is 4.07. The smallest absolute Gasteiger partial charge is 0.234 e. The molecular formula is C19H25ClN2O2. The highest BCUT2D eigenvalue weighted by Crippen LogP contribution is 2.32. The number of hydrogen-bond acceptors (Lipinski definition) is 3. The molecular weight excluding hydrogens is 324 g/mol. The normalized spacial score (nSPS) is 14.0. The number of hydrogen-bond donors (Lipinski definition) is 1. The Hall–Kier alpha value is -1.78. The molecule has 5 heteroatoms. The van der Waals surface area contributed by atoms with Crippen LogP contribution in [0.3, 0.4) is 0 Å². The van der Waals surface area contributed by atoms with Gasteiger partial charge in [0.2, 0.25) is 5.91 Å². The lowest BCUT2D eigenvalue weighted by Gasteiger charge is -2.32. The number of likely N-dealkylation sites (N-methyl/N-ethyl adjacent to an activating group) is 1. The van der Waals surface area contributed by atoms with Gasteiger partial charge in [-0.25, -0.2) is 0 Å². The molecule has 2 atom stereocenters.